The highest BCUT2D eigenvalue weighted by Crippen LogP contribution is 2.19. The van der Waals surface area contributed by atoms with Gasteiger partial charge in [0.05, 0.1) is 5.92 Å². The Kier molecular flexibility index (Phi) is 4.70. The molecule has 0 bridgehead atoms. The monoisotopic (exact) mass is 276 g/mol. The summed E-state index contributed by atoms with van der Waals surface area (Å²) in [4.78, 5) is 25.2. The van der Waals surface area contributed by atoms with Crippen molar-refractivity contribution in [1.29, 1.82) is 0 Å². The number of nitrogens with one attached hydrogen (secondary N) is 1. The third-order valence-electron chi connectivity index (χ3n) is 3.69. The smallest absolute Gasteiger partial charge is 0.265 e. The molecule has 20 heavy (non-hydrogen) atoms. The first-order valence-electron chi connectivity index (χ1n) is 6.72. The van der Waals surface area contributed by atoms with Gasteiger partial charge in [-0.3, -0.25) is 19.9 Å². The van der Waals surface area contributed by atoms with Crippen molar-refractivity contribution in [2.24, 2.45) is 17.5 Å². The maximum absolute atomic E-state index is 11.7. The number of likely N-dealkylation sites (tertiary alicyclic amines) is 1. The van der Waals surface area contributed by atoms with Gasteiger partial charge in [-0.1, -0.05) is 18.2 Å². The Bertz CT molecular complexity index is 504. The molecule has 0 radical (unpaired) electrons. The summed E-state index contributed by atoms with van der Waals surface area (Å²) >= 11 is 0. The predicted octanol–water partition coefficient (Wildman–Crippen LogP) is -0.0126. The van der Waals surface area contributed by atoms with Crippen molar-refractivity contribution in [2.75, 3.05) is 13.1 Å². The van der Waals surface area contributed by atoms with Crippen molar-refractivity contribution >= 4 is 11.8 Å². The van der Waals surface area contributed by atoms with Crippen molar-refractivity contribution in [2.45, 2.75) is 19.4 Å². The molecule has 1 unspecified atom stereocenters. The van der Waals surface area contributed by atoms with E-state index in [0.29, 0.717) is 18.7 Å². The van der Waals surface area contributed by atoms with E-state index in [4.69, 9.17) is 11.6 Å². The van der Waals surface area contributed by atoms with Crippen LogP contribution in [0.5, 0.6) is 0 Å². The highest BCUT2D eigenvalue weighted by molar-refractivity contribution is 5.95. The summed E-state index contributed by atoms with van der Waals surface area (Å²) in [6.45, 7) is 2.17. The zero-order chi connectivity index (χ0) is 14.5. The number of rotatable bonds is 4. The summed E-state index contributed by atoms with van der Waals surface area (Å²) in [5.41, 5.74) is 9.00. The van der Waals surface area contributed by atoms with Gasteiger partial charge in [-0.15, -0.1) is 0 Å². The molecule has 2 rings (SSSR count). The van der Waals surface area contributed by atoms with Gasteiger partial charge >= 0.3 is 0 Å². The molecule has 108 valence electrons. The van der Waals surface area contributed by atoms with Crippen molar-refractivity contribution in [3.05, 3.63) is 35.4 Å². The number of carbonyl (C=O) groups is 2. The molecule has 0 spiro atoms. The van der Waals surface area contributed by atoms with Gasteiger partial charge in [0.1, 0.15) is 0 Å². The SMILES string of the molecule is NNC(=O)c1ccccc1CN1CCCC(C(N)=O)C1. The number of amides is 2. The van der Waals surface area contributed by atoms with Gasteiger partial charge in [0.25, 0.3) is 5.91 Å². The first-order valence-corrected chi connectivity index (χ1v) is 6.72. The number of benzene rings is 1. The number of primary amides is 1. The number of carbonyl (C=O) groups excluding carboxylic acids is 2. The number of hydrazine groups is 1. The normalized spacial score (nSPS) is 19.6. The third kappa shape index (κ3) is 3.34. The molecule has 1 aliphatic rings. The molecule has 1 fully saturated rings. The Balaban J connectivity index is 2.10. The summed E-state index contributed by atoms with van der Waals surface area (Å²) in [5.74, 6) is 4.55. The number of piperidine rings is 1. The molecule has 1 aromatic carbocycles. The molecule has 1 atom stereocenters. The second-order valence-corrected chi connectivity index (χ2v) is 5.11. The summed E-state index contributed by atoms with van der Waals surface area (Å²) in [7, 11) is 0. The van der Waals surface area contributed by atoms with Gasteiger partial charge in [0.15, 0.2) is 0 Å². The maximum Gasteiger partial charge on any atom is 0.265 e. The third-order valence-corrected chi connectivity index (χ3v) is 3.69. The Hall–Kier alpha value is -1.92. The number of hydrogen-bond donors (Lipinski definition) is 3. The molecular formula is C14H20N4O2. The number of nitrogen functional groups attached to an aromatic ring is 1. The van der Waals surface area contributed by atoms with Crippen LogP contribution in [0, 0.1) is 5.92 Å². The van der Waals surface area contributed by atoms with E-state index in [1.807, 2.05) is 12.1 Å². The van der Waals surface area contributed by atoms with Crippen LogP contribution in [0.4, 0.5) is 0 Å². The van der Waals surface area contributed by atoms with Crippen LogP contribution < -0.4 is 17.0 Å². The zero-order valence-electron chi connectivity index (χ0n) is 11.3. The average molecular weight is 276 g/mol. The Labute approximate surface area is 118 Å². The lowest BCUT2D eigenvalue weighted by Gasteiger charge is -2.31. The van der Waals surface area contributed by atoms with E-state index in [1.165, 1.54) is 0 Å². The van der Waals surface area contributed by atoms with Crippen LogP contribution >= 0.6 is 0 Å². The highest BCUT2D eigenvalue weighted by atomic mass is 16.2. The minimum absolute atomic E-state index is 0.0979. The first kappa shape index (κ1) is 14.5. The van der Waals surface area contributed by atoms with Crippen molar-refractivity contribution < 1.29 is 9.59 Å². The fraction of sp³-hybridized carbons (Fsp3) is 0.429. The quantitative estimate of drug-likeness (QED) is 0.409. The summed E-state index contributed by atoms with van der Waals surface area (Å²) < 4.78 is 0. The minimum Gasteiger partial charge on any atom is -0.369 e. The number of hydrogen-bond acceptors (Lipinski definition) is 4. The van der Waals surface area contributed by atoms with E-state index in [2.05, 4.69) is 10.3 Å². The van der Waals surface area contributed by atoms with Crippen molar-refractivity contribution in [3.8, 4) is 0 Å². The molecule has 1 heterocycles. The standard InChI is InChI=1S/C14H20N4O2/c15-13(19)11-5-3-7-18(9-11)8-10-4-1-2-6-12(10)14(20)17-16/h1-2,4,6,11H,3,5,7-9,16H2,(H2,15,19)(H,17,20). The van der Waals surface area contributed by atoms with Crippen LogP contribution in [0.3, 0.4) is 0 Å². The Morgan fingerprint density at radius 3 is 2.80 bits per heavy atom. The summed E-state index contributed by atoms with van der Waals surface area (Å²) in [5, 5.41) is 0. The molecule has 1 aliphatic heterocycles. The molecule has 1 saturated heterocycles. The lowest BCUT2D eigenvalue weighted by molar-refractivity contribution is -0.123. The second-order valence-electron chi connectivity index (χ2n) is 5.11. The van der Waals surface area contributed by atoms with Crippen molar-refractivity contribution in [1.82, 2.24) is 10.3 Å². The average Bonchev–Trinajstić information content (AvgIpc) is 2.47. The van der Waals surface area contributed by atoms with Gasteiger partial charge in [-0.2, -0.15) is 0 Å². The molecule has 6 heteroatoms. The molecule has 0 saturated carbocycles. The predicted molar refractivity (Wildman–Crippen MR) is 75.3 cm³/mol. The summed E-state index contributed by atoms with van der Waals surface area (Å²) in [6, 6.07) is 7.33. The van der Waals surface area contributed by atoms with Gasteiger partial charge in [0, 0.05) is 18.7 Å². The van der Waals surface area contributed by atoms with Crippen molar-refractivity contribution in [3.63, 3.8) is 0 Å². The van der Waals surface area contributed by atoms with Gasteiger partial charge in [-0.25, -0.2) is 5.84 Å². The summed E-state index contributed by atoms with van der Waals surface area (Å²) in [6.07, 6.45) is 1.79. The van der Waals surface area contributed by atoms with Crippen LogP contribution in [-0.2, 0) is 11.3 Å². The van der Waals surface area contributed by atoms with E-state index in [-0.39, 0.29) is 17.7 Å². The molecule has 6 nitrogen and oxygen atoms in total. The second kappa shape index (κ2) is 6.49. The van der Waals surface area contributed by atoms with Gasteiger partial charge in [0.2, 0.25) is 5.91 Å². The molecular weight excluding hydrogens is 256 g/mol. The fourth-order valence-corrected chi connectivity index (χ4v) is 2.63. The lowest BCUT2D eigenvalue weighted by Crippen LogP contribution is -2.41. The largest absolute Gasteiger partial charge is 0.369 e. The van der Waals surface area contributed by atoms with Crippen LogP contribution in [0.25, 0.3) is 0 Å². The zero-order valence-corrected chi connectivity index (χ0v) is 11.3. The topological polar surface area (TPSA) is 101 Å². The molecule has 0 aromatic heterocycles. The van der Waals surface area contributed by atoms with Crippen LogP contribution in [0.15, 0.2) is 24.3 Å². The highest BCUT2D eigenvalue weighted by Gasteiger charge is 2.24. The van der Waals surface area contributed by atoms with E-state index < -0.39 is 0 Å². The van der Waals surface area contributed by atoms with Crippen LogP contribution in [0.1, 0.15) is 28.8 Å². The molecule has 1 aromatic rings. The van der Waals surface area contributed by atoms with E-state index in [0.717, 1.165) is 24.9 Å². The number of nitrogens with zero attached hydrogens (tertiary/aromatic N) is 1. The number of nitrogens with two attached hydrogens (primary N) is 2. The van der Waals surface area contributed by atoms with E-state index in [9.17, 15) is 9.59 Å². The van der Waals surface area contributed by atoms with Crippen LogP contribution in [0.2, 0.25) is 0 Å². The van der Waals surface area contributed by atoms with Crippen LogP contribution in [-0.4, -0.2) is 29.8 Å². The van der Waals surface area contributed by atoms with E-state index >= 15 is 0 Å². The lowest BCUT2D eigenvalue weighted by atomic mass is 9.96. The molecule has 2 amide bonds. The first-order chi connectivity index (χ1) is 9.61. The van der Waals surface area contributed by atoms with E-state index in [1.54, 1.807) is 12.1 Å². The van der Waals surface area contributed by atoms with Gasteiger partial charge in [-0.05, 0) is 31.0 Å². The maximum atomic E-state index is 11.7. The Morgan fingerprint density at radius 2 is 2.10 bits per heavy atom. The Morgan fingerprint density at radius 1 is 1.35 bits per heavy atom. The minimum atomic E-state index is -0.302. The van der Waals surface area contributed by atoms with Gasteiger partial charge < -0.3 is 5.73 Å². The fourth-order valence-electron chi connectivity index (χ4n) is 2.63. The molecule has 0 aliphatic carbocycles. The molecule has 5 N–H and O–H groups in total.